The van der Waals surface area contributed by atoms with Gasteiger partial charge in [0, 0.05) is 28.4 Å². The van der Waals surface area contributed by atoms with Crippen LogP contribution in [-0.4, -0.2) is 41.7 Å². The van der Waals surface area contributed by atoms with E-state index >= 15 is 0 Å². The maximum Gasteiger partial charge on any atom is 0.243 e. The summed E-state index contributed by atoms with van der Waals surface area (Å²) in [5.41, 5.74) is 1.73. The van der Waals surface area contributed by atoms with Gasteiger partial charge in [-0.15, -0.1) is 11.8 Å². The topological polar surface area (TPSA) is 58.6 Å². The second kappa shape index (κ2) is 13.3. The van der Waals surface area contributed by atoms with Crippen molar-refractivity contribution >= 4 is 46.8 Å². The fourth-order valence-corrected chi connectivity index (χ4v) is 5.90. The van der Waals surface area contributed by atoms with E-state index in [9.17, 15) is 9.59 Å². The van der Waals surface area contributed by atoms with Crippen LogP contribution < -0.4 is 10.1 Å². The van der Waals surface area contributed by atoms with Crippen molar-refractivity contribution in [1.29, 1.82) is 0 Å². The van der Waals surface area contributed by atoms with Gasteiger partial charge in [0.2, 0.25) is 11.8 Å². The third-order valence-electron chi connectivity index (χ3n) is 6.11. The number of halogens is 2. The molecule has 2 amide bonds. The first kappa shape index (κ1) is 26.7. The molecule has 2 aromatic carbocycles. The summed E-state index contributed by atoms with van der Waals surface area (Å²) in [6.07, 6.45) is 4.81. The summed E-state index contributed by atoms with van der Waals surface area (Å²) in [5.74, 6) is 1.28. The Morgan fingerprint density at radius 1 is 1.15 bits per heavy atom. The molecule has 1 saturated carbocycles. The number of thioether (sulfide) groups is 1. The van der Waals surface area contributed by atoms with Gasteiger partial charge < -0.3 is 15.0 Å². The molecule has 8 heteroatoms. The molecule has 1 aliphatic carbocycles. The van der Waals surface area contributed by atoms with Gasteiger partial charge in [-0.25, -0.2) is 0 Å². The van der Waals surface area contributed by atoms with Crippen molar-refractivity contribution in [3.05, 3.63) is 63.6 Å². The van der Waals surface area contributed by atoms with Crippen molar-refractivity contribution in [2.45, 2.75) is 63.4 Å². The zero-order chi connectivity index (χ0) is 24.5. The summed E-state index contributed by atoms with van der Waals surface area (Å²) in [7, 11) is 1.61. The summed E-state index contributed by atoms with van der Waals surface area (Å²) in [4.78, 5) is 28.3. The number of carbonyl (C=O) groups excluding carboxylic acids is 2. The fourth-order valence-electron chi connectivity index (χ4n) is 4.25. The predicted molar refractivity (Wildman–Crippen MR) is 141 cm³/mol. The van der Waals surface area contributed by atoms with Crippen LogP contribution in [0, 0.1) is 0 Å². The molecule has 0 aromatic heterocycles. The molecule has 2 aromatic rings. The third kappa shape index (κ3) is 7.30. The standard InChI is InChI=1S/C26H32Cl2N2O3S/c1-3-24(26(32)29-19-9-4-5-10-19)30(15-18-8-6-11-20(14-18)33-2)25(31)17-34-16-21-22(27)12-7-13-23(21)28/h6-8,11-14,19,24H,3-5,9-10,15-17H2,1-2H3,(H,29,32)/t24-/m1/s1. The Labute approximate surface area is 216 Å². The van der Waals surface area contributed by atoms with Gasteiger partial charge in [0.05, 0.1) is 12.9 Å². The summed E-state index contributed by atoms with van der Waals surface area (Å²) in [5, 5.41) is 4.34. The first-order valence-corrected chi connectivity index (χ1v) is 13.6. The first-order chi connectivity index (χ1) is 16.4. The number of hydrogen-bond donors (Lipinski definition) is 1. The number of nitrogens with one attached hydrogen (secondary N) is 1. The minimum absolute atomic E-state index is 0.0789. The van der Waals surface area contributed by atoms with Crippen LogP contribution in [0.25, 0.3) is 0 Å². The molecule has 1 aliphatic rings. The Balaban J connectivity index is 1.74. The lowest BCUT2D eigenvalue weighted by atomic mass is 10.1. The summed E-state index contributed by atoms with van der Waals surface area (Å²) in [6, 6.07) is 12.7. The second-order valence-corrected chi connectivity index (χ2v) is 10.3. The summed E-state index contributed by atoms with van der Waals surface area (Å²) >= 11 is 14.0. The van der Waals surface area contributed by atoms with Crippen LogP contribution in [0.1, 0.15) is 50.2 Å². The molecule has 1 atom stereocenters. The number of rotatable bonds is 11. The van der Waals surface area contributed by atoms with Gasteiger partial charge >= 0.3 is 0 Å². The molecule has 3 rings (SSSR count). The average Bonchev–Trinajstić information content (AvgIpc) is 3.34. The Bertz CT molecular complexity index is 962. The molecule has 5 nitrogen and oxygen atoms in total. The number of ether oxygens (including phenoxy) is 1. The van der Waals surface area contributed by atoms with Gasteiger partial charge in [-0.05, 0) is 54.7 Å². The van der Waals surface area contributed by atoms with E-state index in [0.29, 0.717) is 28.8 Å². The monoisotopic (exact) mass is 522 g/mol. The normalized spacial score (nSPS) is 14.6. The van der Waals surface area contributed by atoms with Gasteiger partial charge in [0.25, 0.3) is 0 Å². The van der Waals surface area contributed by atoms with Gasteiger partial charge in [0.1, 0.15) is 11.8 Å². The van der Waals surface area contributed by atoms with Crippen molar-refractivity contribution < 1.29 is 14.3 Å². The zero-order valence-corrected chi connectivity index (χ0v) is 22.0. The van der Waals surface area contributed by atoms with Crippen molar-refractivity contribution in [3.63, 3.8) is 0 Å². The van der Waals surface area contributed by atoms with Crippen LogP contribution in [0.3, 0.4) is 0 Å². The van der Waals surface area contributed by atoms with Crippen LogP contribution in [0.2, 0.25) is 10.0 Å². The molecule has 34 heavy (non-hydrogen) atoms. The van der Waals surface area contributed by atoms with Crippen LogP contribution in [-0.2, 0) is 21.9 Å². The van der Waals surface area contributed by atoms with E-state index in [1.54, 1.807) is 30.2 Å². The molecule has 184 valence electrons. The number of amides is 2. The molecular formula is C26H32Cl2N2O3S. The fraction of sp³-hybridized carbons (Fsp3) is 0.462. The van der Waals surface area contributed by atoms with E-state index in [2.05, 4.69) is 5.32 Å². The number of hydrogen-bond acceptors (Lipinski definition) is 4. The first-order valence-electron chi connectivity index (χ1n) is 11.7. The number of carbonyl (C=O) groups is 2. The van der Waals surface area contributed by atoms with Crippen molar-refractivity contribution in [2.24, 2.45) is 0 Å². The highest BCUT2D eigenvalue weighted by Crippen LogP contribution is 2.29. The lowest BCUT2D eigenvalue weighted by molar-refractivity contribution is -0.139. The maximum atomic E-state index is 13.4. The zero-order valence-electron chi connectivity index (χ0n) is 19.7. The van der Waals surface area contributed by atoms with Gasteiger partial charge in [0.15, 0.2) is 0 Å². The number of methoxy groups -OCH3 is 1. The summed E-state index contributed by atoms with van der Waals surface area (Å²) in [6.45, 7) is 2.28. The van der Waals surface area contributed by atoms with E-state index in [0.717, 1.165) is 42.6 Å². The Kier molecular flexibility index (Phi) is 10.4. The molecule has 0 saturated heterocycles. The van der Waals surface area contributed by atoms with Gasteiger partial charge in [-0.1, -0.05) is 61.2 Å². The number of nitrogens with zero attached hydrogens (tertiary/aromatic N) is 1. The molecule has 0 bridgehead atoms. The molecule has 0 unspecified atom stereocenters. The van der Waals surface area contributed by atoms with Crippen LogP contribution in [0.15, 0.2) is 42.5 Å². The van der Waals surface area contributed by atoms with Crippen LogP contribution >= 0.6 is 35.0 Å². The minimum Gasteiger partial charge on any atom is -0.497 e. The smallest absolute Gasteiger partial charge is 0.243 e. The SMILES string of the molecule is CC[C@H](C(=O)NC1CCCC1)N(Cc1cccc(OC)c1)C(=O)CSCc1c(Cl)cccc1Cl. The lowest BCUT2D eigenvalue weighted by Gasteiger charge is -2.31. The number of benzene rings is 2. The largest absolute Gasteiger partial charge is 0.497 e. The Morgan fingerprint density at radius 2 is 1.82 bits per heavy atom. The molecule has 0 radical (unpaired) electrons. The Morgan fingerprint density at radius 3 is 2.47 bits per heavy atom. The van der Waals surface area contributed by atoms with Crippen molar-refractivity contribution in [2.75, 3.05) is 12.9 Å². The minimum atomic E-state index is -0.538. The van der Waals surface area contributed by atoms with E-state index < -0.39 is 6.04 Å². The average molecular weight is 524 g/mol. The second-order valence-electron chi connectivity index (χ2n) is 8.48. The molecule has 0 aliphatic heterocycles. The maximum absolute atomic E-state index is 13.4. The predicted octanol–water partition coefficient (Wildman–Crippen LogP) is 6.10. The van der Waals surface area contributed by atoms with Gasteiger partial charge in [-0.3, -0.25) is 9.59 Å². The summed E-state index contributed by atoms with van der Waals surface area (Å²) < 4.78 is 5.34. The van der Waals surface area contributed by atoms with Crippen LogP contribution in [0.4, 0.5) is 0 Å². The van der Waals surface area contributed by atoms with E-state index in [4.69, 9.17) is 27.9 Å². The molecule has 1 fully saturated rings. The molecule has 1 N–H and O–H groups in total. The molecule has 0 heterocycles. The van der Waals surface area contributed by atoms with Crippen molar-refractivity contribution in [3.8, 4) is 5.75 Å². The van der Waals surface area contributed by atoms with Crippen molar-refractivity contribution in [1.82, 2.24) is 10.2 Å². The highest BCUT2D eigenvalue weighted by Gasteiger charge is 2.30. The highest BCUT2D eigenvalue weighted by atomic mass is 35.5. The lowest BCUT2D eigenvalue weighted by Crippen LogP contribution is -2.51. The third-order valence-corrected chi connectivity index (χ3v) is 7.76. The van der Waals surface area contributed by atoms with Gasteiger partial charge in [-0.2, -0.15) is 0 Å². The molecular weight excluding hydrogens is 491 g/mol. The highest BCUT2D eigenvalue weighted by molar-refractivity contribution is 7.99. The quantitative estimate of drug-likeness (QED) is 0.387. The van der Waals surface area contributed by atoms with E-state index in [-0.39, 0.29) is 23.6 Å². The van der Waals surface area contributed by atoms with E-state index in [1.165, 1.54) is 11.8 Å². The Hall–Kier alpha value is -1.89. The van der Waals surface area contributed by atoms with E-state index in [1.807, 2.05) is 31.2 Å². The van der Waals surface area contributed by atoms with Crippen LogP contribution in [0.5, 0.6) is 5.75 Å². The molecule has 0 spiro atoms.